The third-order valence-corrected chi connectivity index (χ3v) is 2.75. The summed E-state index contributed by atoms with van der Waals surface area (Å²) >= 11 is 0. The molecule has 1 aromatic carbocycles. The van der Waals surface area contributed by atoms with E-state index in [0.717, 1.165) is 11.3 Å². The highest BCUT2D eigenvalue weighted by Gasteiger charge is 2.09. The standard InChI is InChI=1S/C13H21N3O/c1-10(2)16(3)9-13(17)15-12-6-4-11(8-14)5-7-12/h4-7,10H,8-9,14H2,1-3H3,(H,15,17). The largest absolute Gasteiger partial charge is 0.326 e. The molecule has 0 aliphatic carbocycles. The Morgan fingerprint density at radius 2 is 1.94 bits per heavy atom. The molecule has 0 saturated heterocycles. The average molecular weight is 235 g/mol. The van der Waals surface area contributed by atoms with Crippen LogP contribution in [-0.2, 0) is 11.3 Å². The lowest BCUT2D eigenvalue weighted by Gasteiger charge is -2.20. The van der Waals surface area contributed by atoms with Gasteiger partial charge in [-0.15, -0.1) is 0 Å². The SMILES string of the molecule is CC(C)N(C)CC(=O)Nc1ccc(CN)cc1. The topological polar surface area (TPSA) is 58.4 Å². The fourth-order valence-electron chi connectivity index (χ4n) is 1.33. The molecule has 0 spiro atoms. The highest BCUT2D eigenvalue weighted by Crippen LogP contribution is 2.09. The number of carbonyl (C=O) groups is 1. The molecule has 17 heavy (non-hydrogen) atoms. The van der Waals surface area contributed by atoms with Gasteiger partial charge >= 0.3 is 0 Å². The first kappa shape index (κ1) is 13.7. The molecule has 4 nitrogen and oxygen atoms in total. The molecular weight excluding hydrogens is 214 g/mol. The lowest BCUT2D eigenvalue weighted by molar-refractivity contribution is -0.117. The van der Waals surface area contributed by atoms with E-state index in [1.807, 2.05) is 36.2 Å². The third kappa shape index (κ3) is 4.54. The van der Waals surface area contributed by atoms with Crippen molar-refractivity contribution in [1.82, 2.24) is 4.90 Å². The van der Waals surface area contributed by atoms with E-state index >= 15 is 0 Å². The van der Waals surface area contributed by atoms with Crippen molar-refractivity contribution in [2.75, 3.05) is 18.9 Å². The van der Waals surface area contributed by atoms with Crippen molar-refractivity contribution in [3.8, 4) is 0 Å². The second kappa shape index (κ2) is 6.37. The molecule has 0 radical (unpaired) electrons. The van der Waals surface area contributed by atoms with Crippen LogP contribution in [0.2, 0.25) is 0 Å². The highest BCUT2D eigenvalue weighted by molar-refractivity contribution is 5.92. The van der Waals surface area contributed by atoms with Crippen LogP contribution < -0.4 is 11.1 Å². The summed E-state index contributed by atoms with van der Waals surface area (Å²) < 4.78 is 0. The molecule has 3 N–H and O–H groups in total. The number of hydrogen-bond donors (Lipinski definition) is 2. The number of carbonyl (C=O) groups excluding carboxylic acids is 1. The maximum absolute atomic E-state index is 11.7. The minimum atomic E-state index is 0.00157. The Bertz CT molecular complexity index is 359. The number of amides is 1. The molecule has 0 saturated carbocycles. The predicted molar refractivity (Wildman–Crippen MR) is 70.7 cm³/mol. The van der Waals surface area contributed by atoms with E-state index < -0.39 is 0 Å². The second-order valence-electron chi connectivity index (χ2n) is 4.46. The van der Waals surface area contributed by atoms with Gasteiger partial charge in [-0.3, -0.25) is 9.69 Å². The van der Waals surface area contributed by atoms with Gasteiger partial charge in [0.2, 0.25) is 5.91 Å². The van der Waals surface area contributed by atoms with E-state index in [9.17, 15) is 4.79 Å². The van der Waals surface area contributed by atoms with E-state index in [-0.39, 0.29) is 5.91 Å². The normalized spacial score (nSPS) is 10.9. The van der Waals surface area contributed by atoms with E-state index in [1.54, 1.807) is 0 Å². The van der Waals surface area contributed by atoms with Crippen LogP contribution in [0, 0.1) is 0 Å². The number of benzene rings is 1. The number of nitrogens with zero attached hydrogens (tertiary/aromatic N) is 1. The van der Waals surface area contributed by atoms with Crippen LogP contribution >= 0.6 is 0 Å². The number of hydrogen-bond acceptors (Lipinski definition) is 3. The zero-order chi connectivity index (χ0) is 12.8. The fraction of sp³-hybridized carbons (Fsp3) is 0.462. The molecule has 1 rings (SSSR count). The Balaban J connectivity index is 2.50. The molecule has 0 unspecified atom stereocenters. The number of likely N-dealkylation sites (N-methyl/N-ethyl adjacent to an activating group) is 1. The van der Waals surface area contributed by atoms with Crippen LogP contribution in [0.15, 0.2) is 24.3 Å². The van der Waals surface area contributed by atoms with Gasteiger partial charge in [0, 0.05) is 18.3 Å². The van der Waals surface area contributed by atoms with E-state index in [2.05, 4.69) is 19.2 Å². The van der Waals surface area contributed by atoms with E-state index in [0.29, 0.717) is 19.1 Å². The second-order valence-corrected chi connectivity index (χ2v) is 4.46. The highest BCUT2D eigenvalue weighted by atomic mass is 16.2. The van der Waals surface area contributed by atoms with Crippen molar-refractivity contribution in [3.63, 3.8) is 0 Å². The van der Waals surface area contributed by atoms with Gasteiger partial charge in [-0.1, -0.05) is 12.1 Å². The third-order valence-electron chi connectivity index (χ3n) is 2.75. The van der Waals surface area contributed by atoms with Gasteiger partial charge in [0.15, 0.2) is 0 Å². The van der Waals surface area contributed by atoms with Crippen LogP contribution in [0.3, 0.4) is 0 Å². The quantitative estimate of drug-likeness (QED) is 0.811. The zero-order valence-corrected chi connectivity index (χ0v) is 10.7. The smallest absolute Gasteiger partial charge is 0.238 e. The number of nitrogens with one attached hydrogen (secondary N) is 1. The van der Waals surface area contributed by atoms with Gasteiger partial charge in [0.1, 0.15) is 0 Å². The summed E-state index contributed by atoms with van der Waals surface area (Å²) in [4.78, 5) is 13.7. The first-order valence-corrected chi connectivity index (χ1v) is 5.82. The van der Waals surface area contributed by atoms with E-state index in [1.165, 1.54) is 0 Å². The van der Waals surface area contributed by atoms with Crippen molar-refractivity contribution < 1.29 is 4.79 Å². The summed E-state index contributed by atoms with van der Waals surface area (Å²) in [6, 6.07) is 7.94. The molecule has 1 aromatic rings. The van der Waals surface area contributed by atoms with Crippen molar-refractivity contribution in [3.05, 3.63) is 29.8 Å². The molecule has 0 atom stereocenters. The lowest BCUT2D eigenvalue weighted by atomic mass is 10.2. The molecule has 0 heterocycles. The van der Waals surface area contributed by atoms with Crippen LogP contribution in [0.5, 0.6) is 0 Å². The van der Waals surface area contributed by atoms with Crippen LogP contribution in [0.25, 0.3) is 0 Å². The van der Waals surface area contributed by atoms with Crippen LogP contribution in [-0.4, -0.2) is 30.4 Å². The first-order chi connectivity index (χ1) is 8.02. The molecule has 0 bridgehead atoms. The summed E-state index contributed by atoms with van der Waals surface area (Å²) in [6.45, 7) is 5.03. The number of rotatable bonds is 5. The maximum atomic E-state index is 11.7. The van der Waals surface area contributed by atoms with Gasteiger partial charge < -0.3 is 11.1 Å². The molecule has 94 valence electrons. The maximum Gasteiger partial charge on any atom is 0.238 e. The predicted octanol–water partition coefficient (Wildman–Crippen LogP) is 1.42. The van der Waals surface area contributed by atoms with Crippen molar-refractivity contribution in [2.45, 2.75) is 26.4 Å². The summed E-state index contributed by atoms with van der Waals surface area (Å²) in [5.41, 5.74) is 7.37. The van der Waals surface area contributed by atoms with Gasteiger partial charge in [-0.2, -0.15) is 0 Å². The summed E-state index contributed by atoms with van der Waals surface area (Å²) in [7, 11) is 1.93. The Morgan fingerprint density at radius 1 is 1.35 bits per heavy atom. The minimum Gasteiger partial charge on any atom is -0.326 e. The Hall–Kier alpha value is -1.39. The minimum absolute atomic E-state index is 0.00157. The van der Waals surface area contributed by atoms with E-state index in [4.69, 9.17) is 5.73 Å². The summed E-state index contributed by atoms with van der Waals surface area (Å²) in [5, 5.41) is 2.86. The monoisotopic (exact) mass is 235 g/mol. The van der Waals surface area contributed by atoms with Gasteiger partial charge in [-0.05, 0) is 38.6 Å². The molecular formula is C13H21N3O. The number of nitrogens with two attached hydrogens (primary N) is 1. The molecule has 0 fully saturated rings. The van der Waals surface area contributed by atoms with Gasteiger partial charge in [0.25, 0.3) is 0 Å². The Labute approximate surface area is 103 Å². The number of anilines is 1. The summed E-state index contributed by atoms with van der Waals surface area (Å²) in [6.07, 6.45) is 0. The van der Waals surface area contributed by atoms with Crippen molar-refractivity contribution in [2.24, 2.45) is 5.73 Å². The zero-order valence-electron chi connectivity index (χ0n) is 10.7. The van der Waals surface area contributed by atoms with Crippen LogP contribution in [0.4, 0.5) is 5.69 Å². The fourth-order valence-corrected chi connectivity index (χ4v) is 1.33. The molecule has 0 aliphatic rings. The van der Waals surface area contributed by atoms with Gasteiger partial charge in [-0.25, -0.2) is 0 Å². The lowest BCUT2D eigenvalue weighted by Crippen LogP contribution is -2.34. The molecule has 0 aliphatic heterocycles. The summed E-state index contributed by atoms with van der Waals surface area (Å²) in [5.74, 6) is 0.00157. The average Bonchev–Trinajstić information content (AvgIpc) is 2.29. The first-order valence-electron chi connectivity index (χ1n) is 5.82. The molecule has 0 aromatic heterocycles. The Morgan fingerprint density at radius 3 is 2.41 bits per heavy atom. The van der Waals surface area contributed by atoms with Crippen LogP contribution in [0.1, 0.15) is 19.4 Å². The molecule has 1 amide bonds. The van der Waals surface area contributed by atoms with Crippen molar-refractivity contribution >= 4 is 11.6 Å². The van der Waals surface area contributed by atoms with Gasteiger partial charge in [0.05, 0.1) is 6.54 Å². The Kier molecular flexibility index (Phi) is 5.12. The van der Waals surface area contributed by atoms with Crippen molar-refractivity contribution in [1.29, 1.82) is 0 Å². The molecule has 4 heteroatoms.